The Balaban J connectivity index is 2.01. The smallest absolute Gasteiger partial charge is 0.140 e. The first kappa shape index (κ1) is 10.7. The van der Waals surface area contributed by atoms with Gasteiger partial charge >= 0.3 is 0 Å². The minimum atomic E-state index is -0.503. The SMILES string of the molecule is Fc1cc2occc2c(F)c1CC1CCNC1. The van der Waals surface area contributed by atoms with Crippen LogP contribution in [0.5, 0.6) is 0 Å². The normalized spacial score (nSPS) is 20.2. The molecular weight excluding hydrogens is 224 g/mol. The quantitative estimate of drug-likeness (QED) is 0.868. The summed E-state index contributed by atoms with van der Waals surface area (Å²) in [7, 11) is 0. The van der Waals surface area contributed by atoms with E-state index < -0.39 is 11.6 Å². The molecule has 2 nitrogen and oxygen atoms in total. The van der Waals surface area contributed by atoms with Gasteiger partial charge in [-0.25, -0.2) is 8.78 Å². The molecule has 1 unspecified atom stereocenters. The summed E-state index contributed by atoms with van der Waals surface area (Å²) in [5, 5.41) is 3.57. The third kappa shape index (κ3) is 1.82. The van der Waals surface area contributed by atoms with Crippen molar-refractivity contribution in [2.24, 2.45) is 5.92 Å². The monoisotopic (exact) mass is 237 g/mol. The zero-order valence-electron chi connectivity index (χ0n) is 9.30. The van der Waals surface area contributed by atoms with Crippen molar-refractivity contribution in [1.29, 1.82) is 0 Å². The summed E-state index contributed by atoms with van der Waals surface area (Å²) in [6.07, 6.45) is 2.81. The summed E-state index contributed by atoms with van der Waals surface area (Å²) in [5.74, 6) is -0.652. The molecular formula is C13H13F2NO. The molecule has 1 aliphatic heterocycles. The number of rotatable bonds is 2. The standard InChI is InChI=1S/C13H13F2NO/c14-11-6-12-9(2-4-17-12)13(15)10(11)5-8-1-3-16-7-8/h2,4,6,8,16H,1,3,5,7H2. The van der Waals surface area contributed by atoms with E-state index >= 15 is 0 Å². The fourth-order valence-electron chi connectivity index (χ4n) is 2.45. The second-order valence-electron chi connectivity index (χ2n) is 4.55. The molecule has 0 bridgehead atoms. The zero-order valence-corrected chi connectivity index (χ0v) is 9.30. The lowest BCUT2D eigenvalue weighted by molar-refractivity contribution is 0.508. The number of hydrogen-bond donors (Lipinski definition) is 1. The second-order valence-corrected chi connectivity index (χ2v) is 4.55. The topological polar surface area (TPSA) is 25.2 Å². The molecule has 1 N–H and O–H groups in total. The fraction of sp³-hybridized carbons (Fsp3) is 0.385. The van der Waals surface area contributed by atoms with Gasteiger partial charge in [-0.1, -0.05) is 0 Å². The minimum Gasteiger partial charge on any atom is -0.464 e. The van der Waals surface area contributed by atoms with Gasteiger partial charge in [-0.15, -0.1) is 0 Å². The Labute approximate surface area is 97.6 Å². The number of furan rings is 1. The van der Waals surface area contributed by atoms with Crippen LogP contribution >= 0.6 is 0 Å². The zero-order chi connectivity index (χ0) is 11.8. The van der Waals surface area contributed by atoms with Gasteiger partial charge in [0.15, 0.2) is 0 Å². The maximum atomic E-state index is 14.1. The predicted octanol–water partition coefficient (Wildman–Crippen LogP) is 2.86. The minimum absolute atomic E-state index is 0.188. The number of halogens is 2. The molecule has 2 heterocycles. The molecule has 1 aromatic heterocycles. The number of hydrogen-bond acceptors (Lipinski definition) is 2. The second kappa shape index (κ2) is 4.11. The third-order valence-electron chi connectivity index (χ3n) is 3.40. The van der Waals surface area contributed by atoms with Gasteiger partial charge in [-0.3, -0.25) is 0 Å². The lowest BCUT2D eigenvalue weighted by Crippen LogP contribution is -2.12. The molecule has 0 aliphatic carbocycles. The molecule has 4 heteroatoms. The van der Waals surface area contributed by atoms with Gasteiger partial charge in [0.2, 0.25) is 0 Å². The highest BCUT2D eigenvalue weighted by Crippen LogP contribution is 2.27. The largest absolute Gasteiger partial charge is 0.464 e. The Kier molecular flexibility index (Phi) is 2.59. The molecule has 90 valence electrons. The lowest BCUT2D eigenvalue weighted by atomic mass is 9.97. The average molecular weight is 237 g/mol. The van der Waals surface area contributed by atoms with Crippen LogP contribution in [-0.2, 0) is 6.42 Å². The van der Waals surface area contributed by atoms with Gasteiger partial charge in [-0.2, -0.15) is 0 Å². The van der Waals surface area contributed by atoms with E-state index in [1.807, 2.05) is 0 Å². The Bertz CT molecular complexity index is 544. The van der Waals surface area contributed by atoms with Crippen LogP contribution in [0.25, 0.3) is 11.0 Å². The summed E-state index contributed by atoms with van der Waals surface area (Å²) in [6, 6.07) is 2.82. The van der Waals surface area contributed by atoms with Crippen LogP contribution in [0, 0.1) is 17.6 Å². The van der Waals surface area contributed by atoms with Gasteiger partial charge < -0.3 is 9.73 Å². The van der Waals surface area contributed by atoms with Gasteiger partial charge in [0, 0.05) is 11.6 Å². The van der Waals surface area contributed by atoms with E-state index in [4.69, 9.17) is 4.42 Å². The lowest BCUT2D eigenvalue weighted by Gasteiger charge is -2.10. The van der Waals surface area contributed by atoms with Crippen molar-refractivity contribution < 1.29 is 13.2 Å². The molecule has 17 heavy (non-hydrogen) atoms. The van der Waals surface area contributed by atoms with Crippen LogP contribution in [0.1, 0.15) is 12.0 Å². The van der Waals surface area contributed by atoms with E-state index in [-0.39, 0.29) is 11.1 Å². The number of fused-ring (bicyclic) bond motifs is 1. The maximum Gasteiger partial charge on any atom is 0.140 e. The molecule has 0 saturated carbocycles. The van der Waals surface area contributed by atoms with Crippen LogP contribution < -0.4 is 5.32 Å². The molecule has 0 radical (unpaired) electrons. The van der Waals surface area contributed by atoms with Crippen molar-refractivity contribution >= 4 is 11.0 Å². The Morgan fingerprint density at radius 3 is 3.06 bits per heavy atom. The van der Waals surface area contributed by atoms with E-state index in [0.717, 1.165) is 19.5 Å². The number of benzene rings is 1. The first-order valence-electron chi connectivity index (χ1n) is 5.80. The highest BCUT2D eigenvalue weighted by molar-refractivity contribution is 5.78. The molecule has 1 saturated heterocycles. The summed E-state index contributed by atoms with van der Waals surface area (Å²) in [4.78, 5) is 0. The molecule has 1 atom stereocenters. The van der Waals surface area contributed by atoms with Crippen molar-refractivity contribution in [2.45, 2.75) is 12.8 Å². The van der Waals surface area contributed by atoms with E-state index in [2.05, 4.69) is 5.32 Å². The van der Waals surface area contributed by atoms with Crippen molar-refractivity contribution in [3.63, 3.8) is 0 Å². The molecule has 0 amide bonds. The van der Waals surface area contributed by atoms with Gasteiger partial charge in [0.1, 0.15) is 17.2 Å². The summed E-state index contributed by atoms with van der Waals surface area (Å²) >= 11 is 0. The van der Waals surface area contributed by atoms with Crippen molar-refractivity contribution in [2.75, 3.05) is 13.1 Å². The summed E-state index contributed by atoms with van der Waals surface area (Å²) in [5.41, 5.74) is 0.459. The van der Waals surface area contributed by atoms with Crippen LogP contribution in [-0.4, -0.2) is 13.1 Å². The van der Waals surface area contributed by atoms with Gasteiger partial charge in [0.25, 0.3) is 0 Å². The van der Waals surface area contributed by atoms with Crippen LogP contribution in [0.3, 0.4) is 0 Å². The summed E-state index contributed by atoms with van der Waals surface area (Å²) < 4.78 is 32.9. The maximum absolute atomic E-state index is 14.1. The highest BCUT2D eigenvalue weighted by Gasteiger charge is 2.21. The Morgan fingerprint density at radius 2 is 2.29 bits per heavy atom. The first-order chi connectivity index (χ1) is 8.25. The molecule has 3 rings (SSSR count). The van der Waals surface area contributed by atoms with Gasteiger partial charge in [-0.05, 0) is 37.9 Å². The molecule has 0 spiro atoms. The van der Waals surface area contributed by atoms with E-state index in [1.165, 1.54) is 12.3 Å². The molecule has 1 aromatic carbocycles. The first-order valence-corrected chi connectivity index (χ1v) is 5.80. The van der Waals surface area contributed by atoms with Gasteiger partial charge in [0.05, 0.1) is 11.6 Å². The fourth-order valence-corrected chi connectivity index (χ4v) is 2.45. The third-order valence-corrected chi connectivity index (χ3v) is 3.40. The van der Waals surface area contributed by atoms with Crippen molar-refractivity contribution in [3.8, 4) is 0 Å². The average Bonchev–Trinajstić information content (AvgIpc) is 2.94. The highest BCUT2D eigenvalue weighted by atomic mass is 19.1. The van der Waals surface area contributed by atoms with Crippen LogP contribution in [0.4, 0.5) is 8.78 Å². The number of nitrogens with one attached hydrogen (secondary N) is 1. The molecule has 1 aliphatic rings. The Morgan fingerprint density at radius 1 is 1.41 bits per heavy atom. The van der Waals surface area contributed by atoms with Crippen LogP contribution in [0.2, 0.25) is 0 Å². The van der Waals surface area contributed by atoms with Crippen molar-refractivity contribution in [1.82, 2.24) is 5.32 Å². The summed E-state index contributed by atoms with van der Waals surface area (Å²) in [6.45, 7) is 1.77. The molecule has 1 fully saturated rings. The molecule has 2 aromatic rings. The van der Waals surface area contributed by atoms with Crippen molar-refractivity contribution in [3.05, 3.63) is 35.6 Å². The van der Waals surface area contributed by atoms with Crippen LogP contribution in [0.15, 0.2) is 22.8 Å². The van der Waals surface area contributed by atoms with E-state index in [0.29, 0.717) is 17.7 Å². The Hall–Kier alpha value is -1.42. The van der Waals surface area contributed by atoms with E-state index in [1.54, 1.807) is 6.07 Å². The van der Waals surface area contributed by atoms with E-state index in [9.17, 15) is 8.78 Å². The predicted molar refractivity (Wildman–Crippen MR) is 60.8 cm³/mol.